The van der Waals surface area contributed by atoms with E-state index in [4.69, 9.17) is 0 Å². The second-order valence-electron chi connectivity index (χ2n) is 16.2. The van der Waals surface area contributed by atoms with Crippen LogP contribution in [0.4, 0.5) is 0 Å². The van der Waals surface area contributed by atoms with Crippen molar-refractivity contribution in [1.29, 1.82) is 0 Å². The second-order valence-corrected chi connectivity index (χ2v) is 16.2. The van der Waals surface area contributed by atoms with Crippen molar-refractivity contribution < 1.29 is 21.2 Å². The molecule has 56 heavy (non-hydrogen) atoms. The minimum Gasteiger partial charge on any atom is -0.493 e. The molecule has 0 fully saturated rings. The first-order valence-corrected chi connectivity index (χ1v) is 23.6. The monoisotopic (exact) mass is 811 g/mol. The summed E-state index contributed by atoms with van der Waals surface area (Å²) in [5.74, 6) is 0. The van der Waals surface area contributed by atoms with Crippen LogP contribution in [0, 0.1) is 20.8 Å². The van der Waals surface area contributed by atoms with Crippen molar-refractivity contribution in [3.05, 3.63) is 101 Å². The normalized spacial score (nSPS) is 12.3. The van der Waals surface area contributed by atoms with Crippen molar-refractivity contribution in [3.8, 4) is 0 Å². The average molecular weight is 812 g/mol. The van der Waals surface area contributed by atoms with Gasteiger partial charge < -0.3 is 19.4 Å². The fraction of sp³-hybridized carbons (Fsp3) is 0.660. The van der Waals surface area contributed by atoms with E-state index in [1.807, 2.05) is 0 Å². The summed E-state index contributed by atoms with van der Waals surface area (Å²) in [6.45, 7) is 21.0. The van der Waals surface area contributed by atoms with Gasteiger partial charge >= 0.3 is 16.5 Å². The molecule has 0 saturated heterocycles. The van der Waals surface area contributed by atoms with E-state index < -0.39 is 0 Å². The molecule has 0 N–H and O–H groups in total. The Morgan fingerprint density at radius 1 is 0.446 bits per heavy atom. The molecule has 3 heteroatoms. The zero-order chi connectivity index (χ0) is 40.4. The van der Waals surface area contributed by atoms with Crippen LogP contribution in [0.3, 0.4) is 0 Å². The van der Waals surface area contributed by atoms with E-state index >= 15 is 0 Å². The summed E-state index contributed by atoms with van der Waals surface area (Å²) >= 11 is 0. The third kappa shape index (κ3) is 23.4. The summed E-state index contributed by atoms with van der Waals surface area (Å²) in [6.07, 6.45) is 37.0. The zero-order valence-electron chi connectivity index (χ0n) is 37.7. The SMILES string of the molecule is CCCCCCCCC1=C(c2cccc(C)c2)[N+](=[N-])C(c2cccc(CCCC)c2)=C1CCCCCCCC.[CH2-]CCCCCCC.[CH2-]CCCCCCC.[Ni+2]. The van der Waals surface area contributed by atoms with Gasteiger partial charge in [-0.3, -0.25) is 0 Å². The third-order valence-corrected chi connectivity index (χ3v) is 10.9. The molecule has 1 aliphatic heterocycles. The van der Waals surface area contributed by atoms with Gasteiger partial charge in [-0.25, -0.2) is 4.70 Å². The van der Waals surface area contributed by atoms with Gasteiger partial charge in [-0.2, -0.15) is 12.8 Å². The molecule has 0 bridgehead atoms. The Balaban J connectivity index is 0.00000149. The van der Waals surface area contributed by atoms with Gasteiger partial charge in [-0.15, -0.1) is 0 Å². The van der Waals surface area contributed by atoms with Crippen molar-refractivity contribution in [1.82, 2.24) is 0 Å². The fourth-order valence-electron chi connectivity index (χ4n) is 7.56. The topological polar surface area (TPSA) is 25.3 Å². The summed E-state index contributed by atoms with van der Waals surface area (Å²) in [5, 5.41) is 0. The second kappa shape index (κ2) is 37.3. The van der Waals surface area contributed by atoms with Crippen LogP contribution in [-0.4, -0.2) is 4.70 Å². The van der Waals surface area contributed by atoms with Gasteiger partial charge in [0.05, 0.1) is 0 Å². The van der Waals surface area contributed by atoms with Gasteiger partial charge in [0.2, 0.25) is 11.4 Å². The van der Waals surface area contributed by atoms with Crippen LogP contribution in [0.15, 0.2) is 59.7 Å². The Morgan fingerprint density at radius 3 is 1.23 bits per heavy atom. The van der Waals surface area contributed by atoms with Gasteiger partial charge in [-0.05, 0) is 75.3 Å². The number of allylic oxidation sites excluding steroid dienone is 2. The van der Waals surface area contributed by atoms with Crippen molar-refractivity contribution >= 4 is 11.4 Å². The van der Waals surface area contributed by atoms with Crippen molar-refractivity contribution in [2.75, 3.05) is 0 Å². The molecule has 2 aromatic rings. The summed E-state index contributed by atoms with van der Waals surface area (Å²) in [7, 11) is 0. The van der Waals surface area contributed by atoms with E-state index in [1.54, 1.807) is 4.70 Å². The molecule has 1 aliphatic rings. The summed E-state index contributed by atoms with van der Waals surface area (Å²) < 4.78 is 1.56. The molecule has 0 atom stereocenters. The molecule has 2 aromatic carbocycles. The van der Waals surface area contributed by atoms with Gasteiger partial charge in [0.1, 0.15) is 0 Å². The van der Waals surface area contributed by atoms with Crippen LogP contribution in [0.2, 0.25) is 0 Å². The van der Waals surface area contributed by atoms with E-state index in [0.29, 0.717) is 0 Å². The third-order valence-electron chi connectivity index (χ3n) is 10.9. The molecule has 1 heterocycles. The molecule has 0 aromatic heterocycles. The molecule has 0 saturated carbocycles. The summed E-state index contributed by atoms with van der Waals surface area (Å²) in [6, 6.07) is 17.7. The molecule has 0 amide bonds. The molecule has 0 spiro atoms. The standard InChI is InChI=1S/C37H54N2.2C8H17.Ni/c1-5-8-11-13-15-17-26-34-35(27-18-16-14-12-9-6-2)37(33-25-20-23-31(29-33)22-10-7-3)39(38)36(34)32-24-19-21-30(4)28-32;2*1-3-5-7-8-6-4-2;/h19-21,23-25,28-29H,5-18,22,26-27H2,1-4H3;2*1,3-8H2,2H3;/q;2*-1;+2. The largest absolute Gasteiger partial charge is 2.00 e. The van der Waals surface area contributed by atoms with E-state index in [0.717, 1.165) is 54.6 Å². The predicted molar refractivity (Wildman–Crippen MR) is 247 cm³/mol. The zero-order valence-corrected chi connectivity index (χ0v) is 38.7. The molecule has 320 valence electrons. The number of aryl methyl sites for hydroxylation is 2. The number of unbranched alkanes of at least 4 members (excludes halogenated alkanes) is 21. The Bertz CT molecular complexity index is 1280. The van der Waals surface area contributed by atoms with Crippen molar-refractivity contribution in [2.45, 2.75) is 228 Å². The molecule has 0 unspecified atom stereocenters. The van der Waals surface area contributed by atoms with Crippen molar-refractivity contribution in [2.24, 2.45) is 0 Å². The molecule has 2 nitrogen and oxygen atoms in total. The van der Waals surface area contributed by atoms with E-state index in [1.165, 1.54) is 176 Å². The molecule has 0 aliphatic carbocycles. The number of nitrogens with zero attached hydrogens (tertiary/aromatic N) is 2. The molecule has 0 radical (unpaired) electrons. The Kier molecular flexibility index (Phi) is 36.0. The van der Waals surface area contributed by atoms with Crippen LogP contribution in [-0.2, 0) is 22.9 Å². The van der Waals surface area contributed by atoms with E-state index in [9.17, 15) is 5.53 Å². The maximum absolute atomic E-state index is 11.9. The van der Waals surface area contributed by atoms with E-state index in [-0.39, 0.29) is 16.5 Å². The first kappa shape index (κ1) is 54.0. The maximum atomic E-state index is 11.9. The Labute approximate surface area is 360 Å². The van der Waals surface area contributed by atoms with Crippen LogP contribution in [0.25, 0.3) is 16.9 Å². The predicted octanol–water partition coefficient (Wildman–Crippen LogP) is 18.4. The van der Waals surface area contributed by atoms with Gasteiger partial charge in [0, 0.05) is 22.3 Å². The van der Waals surface area contributed by atoms with Crippen molar-refractivity contribution in [3.63, 3.8) is 0 Å². The van der Waals surface area contributed by atoms with Gasteiger partial charge in [0.25, 0.3) is 0 Å². The average Bonchev–Trinajstić information content (AvgIpc) is 3.47. The van der Waals surface area contributed by atoms with E-state index in [2.05, 4.69) is 104 Å². The number of benzene rings is 2. The first-order valence-electron chi connectivity index (χ1n) is 23.6. The Morgan fingerprint density at radius 2 is 0.821 bits per heavy atom. The summed E-state index contributed by atoms with van der Waals surface area (Å²) in [5.41, 5.74) is 21.6. The molecular weight excluding hydrogens is 723 g/mol. The van der Waals surface area contributed by atoms with Gasteiger partial charge in [0.15, 0.2) is 0 Å². The minimum absolute atomic E-state index is 0. The smallest absolute Gasteiger partial charge is 0.493 e. The summed E-state index contributed by atoms with van der Waals surface area (Å²) in [4.78, 5) is 0. The first-order chi connectivity index (χ1) is 26.9. The van der Waals surface area contributed by atoms with Crippen LogP contribution in [0.1, 0.15) is 237 Å². The van der Waals surface area contributed by atoms with Crippen LogP contribution >= 0.6 is 0 Å². The Hall–Kier alpha value is -1.99. The maximum Gasteiger partial charge on any atom is 2.00 e. The number of rotatable bonds is 29. The van der Waals surface area contributed by atoms with Crippen LogP contribution < -0.4 is 0 Å². The molecular formula is C53H88N2Ni. The quantitative estimate of drug-likeness (QED) is 0.0338. The molecule has 3 rings (SSSR count). The van der Waals surface area contributed by atoms with Gasteiger partial charge in [-0.1, -0.05) is 199 Å². The fourth-order valence-corrected chi connectivity index (χ4v) is 7.56. The van der Waals surface area contributed by atoms with Crippen LogP contribution in [0.5, 0.6) is 0 Å². The minimum atomic E-state index is 0. The number of hydrogen-bond acceptors (Lipinski definition) is 0. The number of hydrogen-bond donors (Lipinski definition) is 0.